The number of benzene rings is 1. The van der Waals surface area contributed by atoms with Crippen molar-refractivity contribution in [3.63, 3.8) is 0 Å². The van der Waals surface area contributed by atoms with E-state index in [9.17, 15) is 9.59 Å². The fraction of sp³-hybridized carbons (Fsp3) is 0.429. The molecule has 0 amide bonds. The monoisotopic (exact) mass is 265 g/mol. The molecule has 0 radical (unpaired) electrons. The van der Waals surface area contributed by atoms with E-state index in [1.807, 2.05) is 6.92 Å². The number of nitrogens with zero attached hydrogens (tertiary/aromatic N) is 1. The van der Waals surface area contributed by atoms with Crippen molar-refractivity contribution in [3.8, 4) is 5.75 Å². The molecule has 0 aromatic heterocycles. The predicted molar refractivity (Wildman–Crippen MR) is 71.6 cm³/mol. The highest BCUT2D eigenvalue weighted by atomic mass is 16.5. The molecule has 104 valence electrons. The number of hydrogen-bond acceptors (Lipinski definition) is 4. The Morgan fingerprint density at radius 1 is 1.37 bits per heavy atom. The lowest BCUT2D eigenvalue weighted by Gasteiger charge is -2.17. The maximum atomic E-state index is 11.4. The van der Waals surface area contributed by atoms with E-state index in [1.54, 1.807) is 30.1 Å². The van der Waals surface area contributed by atoms with Gasteiger partial charge >= 0.3 is 5.97 Å². The first kappa shape index (κ1) is 15.2. The van der Waals surface area contributed by atoms with E-state index in [2.05, 4.69) is 0 Å². The molecular formula is C14H19NO4. The van der Waals surface area contributed by atoms with Crippen LogP contribution in [0.15, 0.2) is 18.2 Å². The highest BCUT2D eigenvalue weighted by Gasteiger charge is 2.11. The summed E-state index contributed by atoms with van der Waals surface area (Å²) in [6.07, 6.45) is 0. The summed E-state index contributed by atoms with van der Waals surface area (Å²) in [7, 11) is 1.71. The van der Waals surface area contributed by atoms with Crippen LogP contribution in [0, 0.1) is 0 Å². The van der Waals surface area contributed by atoms with Crippen molar-refractivity contribution < 1.29 is 19.4 Å². The first-order chi connectivity index (χ1) is 8.93. The molecule has 19 heavy (non-hydrogen) atoms. The predicted octanol–water partition coefficient (Wildman–Crippen LogP) is 1.80. The van der Waals surface area contributed by atoms with Crippen LogP contribution in [0.1, 0.15) is 29.8 Å². The van der Waals surface area contributed by atoms with Crippen LogP contribution in [0.25, 0.3) is 0 Å². The number of hydrogen-bond donors (Lipinski definition) is 1. The molecule has 0 heterocycles. The van der Waals surface area contributed by atoms with Crippen LogP contribution in [0.5, 0.6) is 5.75 Å². The molecule has 0 fully saturated rings. The number of Topliss-reactive ketones (excluding diaryl/α,β-unsaturated/α-hetero) is 1. The van der Waals surface area contributed by atoms with Gasteiger partial charge in [0.05, 0.1) is 13.2 Å². The summed E-state index contributed by atoms with van der Waals surface area (Å²) in [6.45, 7) is 4.26. The van der Waals surface area contributed by atoms with Gasteiger partial charge in [0.1, 0.15) is 5.75 Å². The van der Waals surface area contributed by atoms with Crippen molar-refractivity contribution in [3.05, 3.63) is 29.3 Å². The van der Waals surface area contributed by atoms with Gasteiger partial charge in [-0.2, -0.15) is 0 Å². The Balaban J connectivity index is 2.96. The lowest BCUT2D eigenvalue weighted by molar-refractivity contribution is -0.138. The van der Waals surface area contributed by atoms with Crippen LogP contribution in [0.3, 0.4) is 0 Å². The lowest BCUT2D eigenvalue weighted by Crippen LogP contribution is -2.25. The van der Waals surface area contributed by atoms with Gasteiger partial charge < -0.3 is 9.84 Å². The van der Waals surface area contributed by atoms with Gasteiger partial charge in [0.2, 0.25) is 0 Å². The molecule has 1 aromatic carbocycles. The van der Waals surface area contributed by atoms with Crippen molar-refractivity contribution in [1.82, 2.24) is 4.90 Å². The first-order valence-electron chi connectivity index (χ1n) is 6.11. The third-order valence-electron chi connectivity index (χ3n) is 2.61. The summed E-state index contributed by atoms with van der Waals surface area (Å²) in [4.78, 5) is 23.7. The third kappa shape index (κ3) is 4.71. The highest BCUT2D eigenvalue weighted by Crippen LogP contribution is 2.22. The van der Waals surface area contributed by atoms with Gasteiger partial charge in [-0.3, -0.25) is 14.5 Å². The Morgan fingerprint density at radius 3 is 2.58 bits per heavy atom. The van der Waals surface area contributed by atoms with Crippen LogP contribution in [0.2, 0.25) is 0 Å². The zero-order valence-electron chi connectivity index (χ0n) is 11.5. The zero-order valence-corrected chi connectivity index (χ0v) is 11.5. The van der Waals surface area contributed by atoms with E-state index in [-0.39, 0.29) is 12.3 Å². The van der Waals surface area contributed by atoms with Crippen molar-refractivity contribution in [2.75, 3.05) is 20.2 Å². The number of likely N-dealkylation sites (N-methyl/N-ethyl adjacent to an activating group) is 1. The standard InChI is InChI=1S/C14H19NO4/c1-4-19-13-6-5-11(10(2)16)7-12(13)8-15(3)9-14(17)18/h5-7H,4,8-9H2,1-3H3,(H,17,18). The van der Waals surface area contributed by atoms with Crippen LogP contribution in [-0.2, 0) is 11.3 Å². The van der Waals surface area contributed by atoms with Gasteiger partial charge in [-0.15, -0.1) is 0 Å². The normalized spacial score (nSPS) is 10.5. The topological polar surface area (TPSA) is 66.8 Å². The van der Waals surface area contributed by atoms with Gasteiger partial charge in [-0.05, 0) is 39.1 Å². The summed E-state index contributed by atoms with van der Waals surface area (Å²) in [5, 5.41) is 8.75. The number of ketones is 1. The summed E-state index contributed by atoms with van der Waals surface area (Å²) in [5.41, 5.74) is 1.42. The number of carboxylic acid groups (broad SMARTS) is 1. The van der Waals surface area contributed by atoms with Gasteiger partial charge in [0, 0.05) is 17.7 Å². The molecule has 1 rings (SSSR count). The smallest absolute Gasteiger partial charge is 0.317 e. The minimum atomic E-state index is -0.886. The minimum Gasteiger partial charge on any atom is -0.494 e. The molecule has 0 saturated carbocycles. The van der Waals surface area contributed by atoms with Crippen molar-refractivity contribution in [1.29, 1.82) is 0 Å². The Bertz CT molecular complexity index is 471. The molecule has 0 aliphatic rings. The number of carboxylic acids is 1. The first-order valence-corrected chi connectivity index (χ1v) is 6.11. The van der Waals surface area contributed by atoms with Crippen LogP contribution >= 0.6 is 0 Å². The second-order valence-corrected chi connectivity index (χ2v) is 4.38. The second kappa shape index (κ2) is 6.89. The highest BCUT2D eigenvalue weighted by molar-refractivity contribution is 5.94. The Labute approximate surface area is 112 Å². The van der Waals surface area contributed by atoms with E-state index in [0.717, 1.165) is 5.56 Å². The average Bonchev–Trinajstić information content (AvgIpc) is 2.30. The molecule has 1 aromatic rings. The Morgan fingerprint density at radius 2 is 2.05 bits per heavy atom. The molecule has 0 atom stereocenters. The summed E-state index contributed by atoms with van der Waals surface area (Å²) < 4.78 is 5.49. The number of aliphatic carboxylic acids is 1. The van der Waals surface area contributed by atoms with Crippen LogP contribution < -0.4 is 4.74 Å². The second-order valence-electron chi connectivity index (χ2n) is 4.38. The molecule has 0 aliphatic carbocycles. The van der Waals surface area contributed by atoms with E-state index in [4.69, 9.17) is 9.84 Å². The van der Waals surface area contributed by atoms with E-state index >= 15 is 0 Å². The van der Waals surface area contributed by atoms with Crippen LogP contribution in [0.4, 0.5) is 0 Å². The fourth-order valence-corrected chi connectivity index (χ4v) is 1.80. The minimum absolute atomic E-state index is 0.0230. The quantitative estimate of drug-likeness (QED) is 0.761. The third-order valence-corrected chi connectivity index (χ3v) is 2.61. The van der Waals surface area contributed by atoms with Gasteiger partial charge in [0.15, 0.2) is 5.78 Å². The number of carbonyl (C=O) groups excluding carboxylic acids is 1. The molecule has 0 aliphatic heterocycles. The largest absolute Gasteiger partial charge is 0.494 e. The van der Waals surface area contributed by atoms with E-state index in [1.165, 1.54) is 6.92 Å². The van der Waals surface area contributed by atoms with Gasteiger partial charge in [0.25, 0.3) is 0 Å². The lowest BCUT2D eigenvalue weighted by atomic mass is 10.1. The van der Waals surface area contributed by atoms with Crippen molar-refractivity contribution in [2.45, 2.75) is 20.4 Å². The SMILES string of the molecule is CCOc1ccc(C(C)=O)cc1CN(C)CC(=O)O. The zero-order chi connectivity index (χ0) is 14.4. The Hall–Kier alpha value is -1.88. The molecule has 0 bridgehead atoms. The molecule has 5 heteroatoms. The van der Waals surface area contributed by atoms with Crippen molar-refractivity contribution in [2.24, 2.45) is 0 Å². The molecule has 1 N–H and O–H groups in total. The summed E-state index contributed by atoms with van der Waals surface area (Å²) >= 11 is 0. The Kier molecular flexibility index (Phi) is 5.51. The molecular weight excluding hydrogens is 246 g/mol. The van der Waals surface area contributed by atoms with E-state index < -0.39 is 5.97 Å². The molecule has 0 spiro atoms. The maximum Gasteiger partial charge on any atom is 0.317 e. The number of ether oxygens (including phenoxy) is 1. The van der Waals surface area contributed by atoms with E-state index in [0.29, 0.717) is 24.5 Å². The maximum absolute atomic E-state index is 11.4. The number of carbonyl (C=O) groups is 2. The molecule has 5 nitrogen and oxygen atoms in total. The van der Waals surface area contributed by atoms with Gasteiger partial charge in [-0.1, -0.05) is 0 Å². The summed E-state index contributed by atoms with van der Waals surface area (Å²) in [5.74, 6) is -0.224. The molecule has 0 saturated heterocycles. The fourth-order valence-electron chi connectivity index (χ4n) is 1.80. The van der Waals surface area contributed by atoms with Crippen LogP contribution in [-0.4, -0.2) is 42.0 Å². The number of rotatable bonds is 7. The molecule has 0 unspecified atom stereocenters. The average molecular weight is 265 g/mol. The summed E-state index contributed by atoms with van der Waals surface area (Å²) in [6, 6.07) is 5.23. The van der Waals surface area contributed by atoms with Gasteiger partial charge in [-0.25, -0.2) is 0 Å². The van der Waals surface area contributed by atoms with Crippen molar-refractivity contribution >= 4 is 11.8 Å².